The highest BCUT2D eigenvalue weighted by Crippen LogP contribution is 2.23. The Kier molecular flexibility index (Phi) is 4.98. The van der Waals surface area contributed by atoms with Gasteiger partial charge in [-0.25, -0.2) is 0 Å². The number of piperidine rings is 1. The second-order valence-corrected chi connectivity index (χ2v) is 5.04. The summed E-state index contributed by atoms with van der Waals surface area (Å²) in [7, 11) is 0. The van der Waals surface area contributed by atoms with E-state index in [1.807, 2.05) is 0 Å². The largest absolute Gasteiger partial charge is 0.508 e. The Morgan fingerprint density at radius 3 is 2.75 bits per heavy atom. The SMILES string of the molecule is Cc1c(O)cccc1C(=O)N1CCC(OCCO)CC1. The highest BCUT2D eigenvalue weighted by atomic mass is 16.5. The van der Waals surface area contributed by atoms with E-state index in [0.29, 0.717) is 30.8 Å². The van der Waals surface area contributed by atoms with Gasteiger partial charge in [-0.15, -0.1) is 0 Å². The Balaban J connectivity index is 1.96. The number of amides is 1. The number of aliphatic hydroxyl groups excluding tert-OH is 1. The molecule has 0 unspecified atom stereocenters. The Morgan fingerprint density at radius 2 is 2.10 bits per heavy atom. The number of hydrogen-bond donors (Lipinski definition) is 2. The van der Waals surface area contributed by atoms with Gasteiger partial charge in [0.2, 0.25) is 0 Å². The maximum atomic E-state index is 12.4. The summed E-state index contributed by atoms with van der Waals surface area (Å²) in [5.74, 6) is 0.107. The smallest absolute Gasteiger partial charge is 0.254 e. The van der Waals surface area contributed by atoms with Gasteiger partial charge in [-0.05, 0) is 31.9 Å². The predicted octanol–water partition coefficient (Wildman–Crippen LogP) is 1.31. The van der Waals surface area contributed by atoms with Gasteiger partial charge in [-0.3, -0.25) is 4.79 Å². The van der Waals surface area contributed by atoms with Gasteiger partial charge in [0.25, 0.3) is 5.91 Å². The van der Waals surface area contributed by atoms with Crippen molar-refractivity contribution in [3.05, 3.63) is 29.3 Å². The van der Waals surface area contributed by atoms with Crippen molar-refractivity contribution in [3.8, 4) is 5.75 Å². The number of hydrogen-bond acceptors (Lipinski definition) is 4. The first kappa shape index (κ1) is 14.8. The van der Waals surface area contributed by atoms with Crippen LogP contribution in [-0.4, -0.2) is 53.4 Å². The molecule has 110 valence electrons. The van der Waals surface area contributed by atoms with Crippen LogP contribution in [0.15, 0.2) is 18.2 Å². The summed E-state index contributed by atoms with van der Waals surface area (Å²) in [5.41, 5.74) is 1.18. The van der Waals surface area contributed by atoms with Crippen molar-refractivity contribution in [2.24, 2.45) is 0 Å². The number of carbonyl (C=O) groups is 1. The first-order chi connectivity index (χ1) is 9.63. The number of aliphatic hydroxyl groups is 1. The van der Waals surface area contributed by atoms with Crippen LogP contribution in [0.2, 0.25) is 0 Å². The second kappa shape index (κ2) is 6.72. The summed E-state index contributed by atoms with van der Waals surface area (Å²) >= 11 is 0. The molecule has 0 spiro atoms. The van der Waals surface area contributed by atoms with Crippen LogP contribution >= 0.6 is 0 Å². The zero-order valence-electron chi connectivity index (χ0n) is 11.7. The minimum Gasteiger partial charge on any atom is -0.508 e. The van der Waals surface area contributed by atoms with Crippen LogP contribution in [0.25, 0.3) is 0 Å². The number of phenols is 1. The lowest BCUT2D eigenvalue weighted by Crippen LogP contribution is -2.41. The van der Waals surface area contributed by atoms with Crippen LogP contribution in [0.3, 0.4) is 0 Å². The van der Waals surface area contributed by atoms with E-state index >= 15 is 0 Å². The number of carbonyl (C=O) groups excluding carboxylic acids is 1. The van der Waals surface area contributed by atoms with Crippen molar-refractivity contribution in [1.82, 2.24) is 4.90 Å². The van der Waals surface area contributed by atoms with Crippen LogP contribution in [-0.2, 0) is 4.74 Å². The predicted molar refractivity (Wildman–Crippen MR) is 74.8 cm³/mol. The molecule has 1 heterocycles. The molecule has 1 aromatic rings. The first-order valence-corrected chi connectivity index (χ1v) is 6.93. The summed E-state index contributed by atoms with van der Waals surface area (Å²) in [6.45, 7) is 3.42. The normalized spacial score (nSPS) is 16.4. The maximum Gasteiger partial charge on any atom is 0.254 e. The number of aromatic hydroxyl groups is 1. The monoisotopic (exact) mass is 279 g/mol. The van der Waals surface area contributed by atoms with Crippen LogP contribution in [0.1, 0.15) is 28.8 Å². The fraction of sp³-hybridized carbons (Fsp3) is 0.533. The van der Waals surface area contributed by atoms with Crippen molar-refractivity contribution in [2.75, 3.05) is 26.3 Å². The molecule has 0 atom stereocenters. The lowest BCUT2D eigenvalue weighted by Gasteiger charge is -2.32. The van der Waals surface area contributed by atoms with E-state index in [9.17, 15) is 9.90 Å². The number of nitrogens with zero attached hydrogens (tertiary/aromatic N) is 1. The molecule has 1 aliphatic rings. The van der Waals surface area contributed by atoms with Gasteiger partial charge >= 0.3 is 0 Å². The number of likely N-dealkylation sites (tertiary alicyclic amines) is 1. The van der Waals surface area contributed by atoms with Crippen molar-refractivity contribution >= 4 is 5.91 Å². The molecule has 1 aliphatic heterocycles. The fourth-order valence-corrected chi connectivity index (χ4v) is 2.47. The van der Waals surface area contributed by atoms with Crippen molar-refractivity contribution < 1.29 is 19.7 Å². The maximum absolute atomic E-state index is 12.4. The quantitative estimate of drug-likeness (QED) is 0.872. The molecule has 0 radical (unpaired) electrons. The molecular formula is C15H21NO4. The van der Waals surface area contributed by atoms with Gasteiger partial charge in [-0.2, -0.15) is 0 Å². The van der Waals surface area contributed by atoms with Gasteiger partial charge < -0.3 is 19.8 Å². The van der Waals surface area contributed by atoms with E-state index < -0.39 is 0 Å². The van der Waals surface area contributed by atoms with Gasteiger partial charge in [0.15, 0.2) is 0 Å². The molecule has 0 aromatic heterocycles. The molecule has 5 heteroatoms. The lowest BCUT2D eigenvalue weighted by atomic mass is 10.0. The lowest BCUT2D eigenvalue weighted by molar-refractivity contribution is -0.00556. The zero-order valence-corrected chi connectivity index (χ0v) is 11.7. The third kappa shape index (κ3) is 3.29. The summed E-state index contributed by atoms with van der Waals surface area (Å²) < 4.78 is 5.48. The minimum atomic E-state index is -0.0426. The molecule has 0 saturated carbocycles. The van der Waals surface area contributed by atoms with Gasteiger partial charge in [0, 0.05) is 24.2 Å². The Bertz CT molecular complexity index is 467. The van der Waals surface area contributed by atoms with Crippen LogP contribution in [0, 0.1) is 6.92 Å². The average Bonchev–Trinajstić information content (AvgIpc) is 2.48. The van der Waals surface area contributed by atoms with Gasteiger partial charge in [0.1, 0.15) is 5.75 Å². The summed E-state index contributed by atoms with van der Waals surface area (Å²) in [4.78, 5) is 14.2. The molecule has 1 amide bonds. The molecule has 5 nitrogen and oxygen atoms in total. The molecule has 2 N–H and O–H groups in total. The molecule has 1 saturated heterocycles. The Morgan fingerprint density at radius 1 is 1.40 bits per heavy atom. The average molecular weight is 279 g/mol. The van der Waals surface area contributed by atoms with E-state index in [2.05, 4.69) is 0 Å². The van der Waals surface area contributed by atoms with Gasteiger partial charge in [-0.1, -0.05) is 6.07 Å². The van der Waals surface area contributed by atoms with Crippen molar-refractivity contribution in [3.63, 3.8) is 0 Å². The number of ether oxygens (including phenoxy) is 1. The first-order valence-electron chi connectivity index (χ1n) is 6.93. The third-order valence-electron chi connectivity index (χ3n) is 3.71. The van der Waals surface area contributed by atoms with E-state index in [4.69, 9.17) is 9.84 Å². The molecular weight excluding hydrogens is 258 g/mol. The zero-order chi connectivity index (χ0) is 14.5. The van der Waals surface area contributed by atoms with Gasteiger partial charge in [0.05, 0.1) is 19.3 Å². The van der Waals surface area contributed by atoms with Crippen LogP contribution < -0.4 is 0 Å². The standard InChI is InChI=1S/C15H21NO4/c1-11-13(3-2-4-14(11)18)15(19)16-7-5-12(6-8-16)20-10-9-17/h2-4,12,17-18H,5-10H2,1H3. The van der Waals surface area contributed by atoms with E-state index in [1.54, 1.807) is 30.0 Å². The van der Waals surface area contributed by atoms with Crippen LogP contribution in [0.4, 0.5) is 0 Å². The highest BCUT2D eigenvalue weighted by molar-refractivity contribution is 5.96. The van der Waals surface area contributed by atoms with Crippen molar-refractivity contribution in [1.29, 1.82) is 0 Å². The second-order valence-electron chi connectivity index (χ2n) is 5.04. The molecule has 20 heavy (non-hydrogen) atoms. The topological polar surface area (TPSA) is 70.0 Å². The minimum absolute atomic E-state index is 0.0294. The highest BCUT2D eigenvalue weighted by Gasteiger charge is 2.25. The molecule has 2 rings (SSSR count). The Hall–Kier alpha value is -1.59. The summed E-state index contributed by atoms with van der Waals surface area (Å²) in [5, 5.41) is 18.4. The number of phenolic OH excluding ortho intramolecular Hbond substituents is 1. The summed E-state index contributed by atoms with van der Waals surface area (Å²) in [6.07, 6.45) is 1.68. The van der Waals surface area contributed by atoms with Crippen LogP contribution in [0.5, 0.6) is 5.75 Å². The molecule has 0 aliphatic carbocycles. The van der Waals surface area contributed by atoms with Crippen molar-refractivity contribution in [2.45, 2.75) is 25.9 Å². The third-order valence-corrected chi connectivity index (χ3v) is 3.71. The molecule has 1 aromatic carbocycles. The van der Waals surface area contributed by atoms with E-state index in [0.717, 1.165) is 12.8 Å². The Labute approximate surface area is 118 Å². The summed E-state index contributed by atoms with van der Waals surface area (Å²) in [6, 6.07) is 5.01. The van der Waals surface area contributed by atoms with E-state index in [-0.39, 0.29) is 24.4 Å². The fourth-order valence-electron chi connectivity index (χ4n) is 2.47. The molecule has 1 fully saturated rings. The number of benzene rings is 1. The molecule has 0 bridgehead atoms. The van der Waals surface area contributed by atoms with E-state index in [1.165, 1.54) is 0 Å². The number of rotatable bonds is 4.